The summed E-state index contributed by atoms with van der Waals surface area (Å²) in [7, 11) is 0. The van der Waals surface area contributed by atoms with Crippen molar-refractivity contribution in [1.29, 1.82) is 0 Å². The molecular formula is C13H14F2O3. The molecule has 1 saturated heterocycles. The van der Waals surface area contributed by atoms with Gasteiger partial charge in [-0.15, -0.1) is 0 Å². The predicted molar refractivity (Wildman–Crippen MR) is 61.2 cm³/mol. The molecule has 18 heavy (non-hydrogen) atoms. The molecule has 1 atom stereocenters. The number of alkyl halides is 2. The van der Waals surface area contributed by atoms with Crippen LogP contribution in [-0.4, -0.2) is 31.0 Å². The van der Waals surface area contributed by atoms with Crippen molar-refractivity contribution in [2.75, 3.05) is 13.2 Å². The summed E-state index contributed by atoms with van der Waals surface area (Å²) in [5.41, 5.74) is -0.0162. The summed E-state index contributed by atoms with van der Waals surface area (Å²) in [4.78, 5) is 11.3. The maximum absolute atomic E-state index is 12.8. The Balaban J connectivity index is 2.03. The molecule has 1 aliphatic rings. The Morgan fingerprint density at radius 2 is 2.06 bits per heavy atom. The number of carbonyl (C=O) groups excluding carboxylic acids is 1. The van der Waals surface area contributed by atoms with Crippen LogP contribution in [0.1, 0.15) is 23.7 Å². The minimum Gasteiger partial charge on any atom is -0.488 e. The lowest BCUT2D eigenvalue weighted by Crippen LogP contribution is -2.24. The van der Waals surface area contributed by atoms with Crippen LogP contribution in [0.2, 0.25) is 0 Å². The van der Waals surface area contributed by atoms with E-state index in [9.17, 15) is 13.6 Å². The van der Waals surface area contributed by atoms with Crippen LogP contribution in [0, 0.1) is 0 Å². The van der Waals surface area contributed by atoms with Crippen LogP contribution in [0.4, 0.5) is 8.78 Å². The van der Waals surface area contributed by atoms with Crippen LogP contribution in [0.5, 0.6) is 5.75 Å². The van der Waals surface area contributed by atoms with Gasteiger partial charge in [0.15, 0.2) is 0 Å². The average molecular weight is 256 g/mol. The van der Waals surface area contributed by atoms with Gasteiger partial charge in [-0.1, -0.05) is 0 Å². The maximum atomic E-state index is 12.8. The zero-order valence-electron chi connectivity index (χ0n) is 9.99. The van der Waals surface area contributed by atoms with E-state index < -0.39 is 11.7 Å². The quantitative estimate of drug-likeness (QED) is 0.777. The maximum Gasteiger partial charge on any atom is 0.307 e. The molecule has 1 fully saturated rings. The fourth-order valence-electron chi connectivity index (χ4n) is 1.74. The number of ether oxygens (including phenoxy) is 2. The van der Waals surface area contributed by atoms with Crippen molar-refractivity contribution < 1.29 is 23.0 Å². The lowest BCUT2D eigenvalue weighted by molar-refractivity contribution is 0.0221. The molecule has 0 radical (unpaired) electrons. The van der Waals surface area contributed by atoms with Crippen LogP contribution in [0.3, 0.4) is 0 Å². The van der Waals surface area contributed by atoms with E-state index >= 15 is 0 Å². The Morgan fingerprint density at radius 3 is 2.56 bits per heavy atom. The summed E-state index contributed by atoms with van der Waals surface area (Å²) in [6.45, 7) is 1.80. The molecule has 2 rings (SSSR count). The van der Waals surface area contributed by atoms with Crippen LogP contribution < -0.4 is 4.74 Å². The largest absolute Gasteiger partial charge is 0.488 e. The second-order valence-electron chi connectivity index (χ2n) is 4.35. The topological polar surface area (TPSA) is 35.5 Å². The normalized spacial score (nSPS) is 19.8. The van der Waals surface area contributed by atoms with Gasteiger partial charge in [0.2, 0.25) is 5.78 Å². The molecule has 0 N–H and O–H groups in total. The Kier molecular flexibility index (Phi) is 3.61. The zero-order chi connectivity index (χ0) is 13.2. The first-order chi connectivity index (χ1) is 8.47. The first-order valence-electron chi connectivity index (χ1n) is 5.74. The molecule has 5 heteroatoms. The number of halogens is 2. The molecule has 0 aromatic heterocycles. The summed E-state index contributed by atoms with van der Waals surface area (Å²) in [5, 5.41) is 0. The SMILES string of the molecule is CC(F)(F)C(=O)c1ccc(OC2CCOC2)cc1. The molecule has 0 amide bonds. The highest BCUT2D eigenvalue weighted by Gasteiger charge is 2.33. The van der Waals surface area contributed by atoms with E-state index in [0.29, 0.717) is 25.9 Å². The van der Waals surface area contributed by atoms with Crippen LogP contribution >= 0.6 is 0 Å². The predicted octanol–water partition coefficient (Wildman–Crippen LogP) is 2.69. The van der Waals surface area contributed by atoms with Crippen molar-refractivity contribution in [3.63, 3.8) is 0 Å². The Labute approximate surface area is 104 Å². The van der Waals surface area contributed by atoms with E-state index in [-0.39, 0.29) is 11.7 Å². The minimum absolute atomic E-state index is 0.000771. The van der Waals surface area contributed by atoms with Crippen molar-refractivity contribution in [2.45, 2.75) is 25.4 Å². The van der Waals surface area contributed by atoms with Gasteiger partial charge in [0.1, 0.15) is 11.9 Å². The highest BCUT2D eigenvalue weighted by atomic mass is 19.3. The number of Topliss-reactive ketones (excluding diaryl/α,β-unsaturated/α-hetero) is 1. The Morgan fingerprint density at radius 1 is 1.39 bits per heavy atom. The molecule has 0 spiro atoms. The summed E-state index contributed by atoms with van der Waals surface area (Å²) in [6, 6.07) is 5.75. The van der Waals surface area contributed by atoms with Crippen LogP contribution in [0.25, 0.3) is 0 Å². The van der Waals surface area contributed by atoms with Crippen molar-refractivity contribution in [1.82, 2.24) is 0 Å². The van der Waals surface area contributed by atoms with Gasteiger partial charge in [0, 0.05) is 18.9 Å². The summed E-state index contributed by atoms with van der Waals surface area (Å²) in [5.74, 6) is -3.97. The number of carbonyl (C=O) groups is 1. The molecule has 1 aromatic carbocycles. The van der Waals surface area contributed by atoms with E-state index in [2.05, 4.69) is 0 Å². The van der Waals surface area contributed by atoms with Gasteiger partial charge in [-0.05, 0) is 24.3 Å². The number of hydrogen-bond acceptors (Lipinski definition) is 3. The second-order valence-corrected chi connectivity index (χ2v) is 4.35. The van der Waals surface area contributed by atoms with Crippen LogP contribution in [-0.2, 0) is 4.74 Å². The van der Waals surface area contributed by atoms with Gasteiger partial charge in [-0.25, -0.2) is 0 Å². The molecule has 98 valence electrons. The molecule has 3 nitrogen and oxygen atoms in total. The van der Waals surface area contributed by atoms with Gasteiger partial charge in [0.25, 0.3) is 0 Å². The highest BCUT2D eigenvalue weighted by molar-refractivity contribution is 6.01. The average Bonchev–Trinajstić information content (AvgIpc) is 2.81. The van der Waals surface area contributed by atoms with Crippen molar-refractivity contribution in [2.24, 2.45) is 0 Å². The lowest BCUT2D eigenvalue weighted by Gasteiger charge is -2.13. The van der Waals surface area contributed by atoms with Crippen molar-refractivity contribution in [3.05, 3.63) is 29.8 Å². The van der Waals surface area contributed by atoms with Crippen molar-refractivity contribution in [3.8, 4) is 5.75 Å². The number of benzene rings is 1. The smallest absolute Gasteiger partial charge is 0.307 e. The number of rotatable bonds is 4. The summed E-state index contributed by atoms with van der Waals surface area (Å²) in [6.07, 6.45) is 0.812. The monoisotopic (exact) mass is 256 g/mol. The fraction of sp³-hybridized carbons (Fsp3) is 0.462. The third kappa shape index (κ3) is 3.04. The molecule has 0 aliphatic carbocycles. The molecule has 0 saturated carbocycles. The van der Waals surface area contributed by atoms with Gasteiger partial charge in [-0.3, -0.25) is 4.79 Å². The number of ketones is 1. The van der Waals surface area contributed by atoms with Crippen LogP contribution in [0.15, 0.2) is 24.3 Å². The van der Waals surface area contributed by atoms with E-state index in [1.807, 2.05) is 0 Å². The molecule has 1 unspecified atom stereocenters. The highest BCUT2D eigenvalue weighted by Crippen LogP contribution is 2.22. The lowest BCUT2D eigenvalue weighted by atomic mass is 10.1. The molecule has 1 aliphatic heterocycles. The van der Waals surface area contributed by atoms with E-state index in [1.165, 1.54) is 24.3 Å². The zero-order valence-corrected chi connectivity index (χ0v) is 9.99. The van der Waals surface area contributed by atoms with E-state index in [4.69, 9.17) is 9.47 Å². The Hall–Kier alpha value is -1.49. The first-order valence-corrected chi connectivity index (χ1v) is 5.74. The number of hydrogen-bond donors (Lipinski definition) is 0. The Bertz CT molecular complexity index is 417. The minimum atomic E-state index is -3.35. The van der Waals surface area contributed by atoms with Crippen molar-refractivity contribution >= 4 is 5.78 Å². The van der Waals surface area contributed by atoms with Gasteiger partial charge >= 0.3 is 5.92 Å². The third-order valence-electron chi connectivity index (χ3n) is 2.71. The van der Waals surface area contributed by atoms with Gasteiger partial charge in [-0.2, -0.15) is 8.78 Å². The first kappa shape index (κ1) is 13.0. The molecular weight excluding hydrogens is 242 g/mol. The summed E-state index contributed by atoms with van der Waals surface area (Å²) < 4.78 is 36.4. The third-order valence-corrected chi connectivity index (χ3v) is 2.71. The van der Waals surface area contributed by atoms with Gasteiger partial charge in [0.05, 0.1) is 13.2 Å². The standard InChI is InChI=1S/C13H14F2O3/c1-13(14,15)12(16)9-2-4-10(5-3-9)18-11-6-7-17-8-11/h2-5,11H,6-8H2,1H3. The molecule has 0 bridgehead atoms. The fourth-order valence-corrected chi connectivity index (χ4v) is 1.74. The molecule has 1 heterocycles. The van der Waals surface area contributed by atoms with E-state index in [1.54, 1.807) is 0 Å². The second kappa shape index (κ2) is 5.02. The summed E-state index contributed by atoms with van der Waals surface area (Å²) >= 11 is 0. The van der Waals surface area contributed by atoms with E-state index in [0.717, 1.165) is 6.42 Å². The molecule has 1 aromatic rings. The van der Waals surface area contributed by atoms with Gasteiger partial charge < -0.3 is 9.47 Å².